The summed E-state index contributed by atoms with van der Waals surface area (Å²) in [6.07, 6.45) is 2.21. The van der Waals surface area contributed by atoms with Crippen LogP contribution < -0.4 is 10.9 Å². The van der Waals surface area contributed by atoms with Crippen molar-refractivity contribution in [2.45, 2.75) is 19.9 Å². The van der Waals surface area contributed by atoms with E-state index in [1.165, 1.54) is 22.2 Å². The van der Waals surface area contributed by atoms with Crippen LogP contribution in [0.5, 0.6) is 0 Å². The lowest BCUT2D eigenvalue weighted by Crippen LogP contribution is -2.33. The summed E-state index contributed by atoms with van der Waals surface area (Å²) in [5, 5.41) is 3.45. The molecule has 0 fully saturated rings. The number of benzene rings is 2. The minimum atomic E-state index is -0.202. The third-order valence-corrected chi connectivity index (χ3v) is 6.42. The third-order valence-electron chi connectivity index (χ3n) is 4.88. The van der Waals surface area contributed by atoms with Crippen molar-refractivity contribution in [3.63, 3.8) is 0 Å². The molecule has 0 bridgehead atoms. The van der Waals surface area contributed by atoms with Gasteiger partial charge in [0.25, 0.3) is 5.56 Å². The van der Waals surface area contributed by atoms with Crippen LogP contribution in [0.25, 0.3) is 21.3 Å². The zero-order chi connectivity index (χ0) is 21.1. The van der Waals surface area contributed by atoms with E-state index in [2.05, 4.69) is 26.2 Å². The number of nitrogens with zero attached hydrogens (tertiary/aromatic N) is 2. The van der Waals surface area contributed by atoms with Gasteiger partial charge in [0.05, 0.1) is 11.7 Å². The van der Waals surface area contributed by atoms with Gasteiger partial charge in [-0.25, -0.2) is 4.98 Å². The topological polar surface area (TPSA) is 64.0 Å². The predicted molar refractivity (Wildman–Crippen MR) is 125 cm³/mol. The van der Waals surface area contributed by atoms with Gasteiger partial charge >= 0.3 is 0 Å². The predicted octanol–water partition coefficient (Wildman–Crippen LogP) is 4.55. The number of aryl methyl sites for hydroxylation is 1. The molecule has 30 heavy (non-hydrogen) atoms. The van der Waals surface area contributed by atoms with Crippen molar-refractivity contribution >= 4 is 43.4 Å². The van der Waals surface area contributed by atoms with Crippen molar-refractivity contribution in [1.82, 2.24) is 14.9 Å². The van der Waals surface area contributed by atoms with Crippen molar-refractivity contribution < 1.29 is 4.79 Å². The van der Waals surface area contributed by atoms with Crippen LogP contribution in [0.4, 0.5) is 0 Å². The van der Waals surface area contributed by atoms with Gasteiger partial charge in [-0.2, -0.15) is 0 Å². The summed E-state index contributed by atoms with van der Waals surface area (Å²) < 4.78 is 2.36. The molecule has 0 aliphatic rings. The van der Waals surface area contributed by atoms with Crippen LogP contribution in [0.2, 0.25) is 0 Å². The number of halogens is 1. The summed E-state index contributed by atoms with van der Waals surface area (Å²) in [6, 6.07) is 17.8. The van der Waals surface area contributed by atoms with E-state index in [0.29, 0.717) is 16.8 Å². The molecule has 0 aliphatic heterocycles. The number of aromatic nitrogens is 2. The Morgan fingerprint density at radius 3 is 2.60 bits per heavy atom. The van der Waals surface area contributed by atoms with Crippen molar-refractivity contribution in [2.75, 3.05) is 6.54 Å². The molecule has 0 atom stereocenters. The standard InChI is InChI=1S/C23H20BrN3O2S/c1-15-20(17-7-9-18(24)10-8-17)21-22(30-15)26-14-27(23(21)29)13-19(28)25-12-11-16-5-3-2-4-6-16/h2-10,14H,11-13H2,1H3,(H,25,28). The molecule has 0 spiro atoms. The highest BCUT2D eigenvalue weighted by Crippen LogP contribution is 2.35. The number of carbonyl (C=O) groups is 1. The number of hydrogen-bond donors (Lipinski definition) is 1. The highest BCUT2D eigenvalue weighted by molar-refractivity contribution is 9.10. The molecule has 1 amide bonds. The van der Waals surface area contributed by atoms with Crippen LogP contribution in [-0.4, -0.2) is 22.0 Å². The fourth-order valence-corrected chi connectivity index (χ4v) is 4.68. The Balaban J connectivity index is 1.55. The first-order valence-electron chi connectivity index (χ1n) is 9.58. The normalized spacial score (nSPS) is 11.0. The Kier molecular flexibility index (Phi) is 6.11. The van der Waals surface area contributed by atoms with Crippen LogP contribution in [0.15, 0.2) is 70.2 Å². The molecule has 0 aliphatic carbocycles. The van der Waals surface area contributed by atoms with E-state index in [-0.39, 0.29) is 18.0 Å². The SMILES string of the molecule is Cc1sc2ncn(CC(=O)NCCc3ccccc3)c(=O)c2c1-c1ccc(Br)cc1. The maximum absolute atomic E-state index is 13.2. The molecule has 0 radical (unpaired) electrons. The van der Waals surface area contributed by atoms with Crippen LogP contribution >= 0.6 is 27.3 Å². The zero-order valence-electron chi connectivity index (χ0n) is 16.4. The van der Waals surface area contributed by atoms with Crippen LogP contribution in [-0.2, 0) is 17.8 Å². The fourth-order valence-electron chi connectivity index (χ4n) is 3.42. The summed E-state index contributed by atoms with van der Waals surface area (Å²) in [7, 11) is 0. The maximum atomic E-state index is 13.2. The molecule has 1 N–H and O–H groups in total. The second kappa shape index (κ2) is 8.93. The van der Waals surface area contributed by atoms with Gasteiger partial charge in [-0.3, -0.25) is 14.2 Å². The lowest BCUT2D eigenvalue weighted by molar-refractivity contribution is -0.121. The van der Waals surface area contributed by atoms with Gasteiger partial charge in [-0.1, -0.05) is 58.4 Å². The second-order valence-electron chi connectivity index (χ2n) is 6.98. The molecule has 4 rings (SSSR count). The van der Waals surface area contributed by atoms with E-state index >= 15 is 0 Å². The van der Waals surface area contributed by atoms with Crippen molar-refractivity contribution in [3.05, 3.63) is 86.2 Å². The van der Waals surface area contributed by atoms with Gasteiger partial charge in [-0.05, 0) is 36.6 Å². The highest BCUT2D eigenvalue weighted by atomic mass is 79.9. The molecule has 7 heteroatoms. The zero-order valence-corrected chi connectivity index (χ0v) is 18.8. The monoisotopic (exact) mass is 481 g/mol. The molecular weight excluding hydrogens is 462 g/mol. The van der Waals surface area contributed by atoms with Crippen molar-refractivity contribution in [1.29, 1.82) is 0 Å². The van der Waals surface area contributed by atoms with Gasteiger partial charge in [0.2, 0.25) is 5.91 Å². The average Bonchev–Trinajstić information content (AvgIpc) is 3.08. The third kappa shape index (κ3) is 4.37. The molecule has 2 aromatic carbocycles. The summed E-state index contributed by atoms with van der Waals surface area (Å²) in [4.78, 5) is 31.7. The van der Waals surface area contributed by atoms with E-state index in [4.69, 9.17) is 0 Å². The quantitative estimate of drug-likeness (QED) is 0.439. The number of amides is 1. The molecule has 0 saturated carbocycles. The first-order valence-corrected chi connectivity index (χ1v) is 11.2. The fraction of sp³-hybridized carbons (Fsp3) is 0.174. The Morgan fingerprint density at radius 1 is 1.13 bits per heavy atom. The smallest absolute Gasteiger partial charge is 0.263 e. The molecule has 0 unspecified atom stereocenters. The molecule has 152 valence electrons. The summed E-state index contributed by atoms with van der Waals surface area (Å²) in [5.41, 5.74) is 2.82. The maximum Gasteiger partial charge on any atom is 0.263 e. The minimum absolute atomic E-state index is 0.0504. The van der Waals surface area contributed by atoms with Gasteiger partial charge in [0.1, 0.15) is 11.4 Å². The first kappa shape index (κ1) is 20.5. The number of fused-ring (bicyclic) bond motifs is 1. The van der Waals surface area contributed by atoms with Crippen LogP contribution in [0.3, 0.4) is 0 Å². The van der Waals surface area contributed by atoms with E-state index in [1.54, 1.807) is 0 Å². The summed E-state index contributed by atoms with van der Waals surface area (Å²) in [5.74, 6) is -0.202. The lowest BCUT2D eigenvalue weighted by Gasteiger charge is -2.08. The first-order chi connectivity index (χ1) is 14.5. The molecule has 4 aromatic rings. The lowest BCUT2D eigenvalue weighted by atomic mass is 10.0. The minimum Gasteiger partial charge on any atom is -0.354 e. The van der Waals surface area contributed by atoms with E-state index in [0.717, 1.165) is 32.5 Å². The number of thiophene rings is 1. The number of nitrogens with one attached hydrogen (secondary N) is 1. The Bertz CT molecular complexity index is 1250. The molecule has 2 heterocycles. The van der Waals surface area contributed by atoms with E-state index in [9.17, 15) is 9.59 Å². The number of carbonyl (C=O) groups excluding carboxylic acids is 1. The summed E-state index contributed by atoms with van der Waals surface area (Å²) >= 11 is 4.94. The molecule has 5 nitrogen and oxygen atoms in total. The Labute approximate surface area is 186 Å². The number of rotatable bonds is 6. The molecule has 0 saturated heterocycles. The highest BCUT2D eigenvalue weighted by Gasteiger charge is 2.17. The molecule has 2 aromatic heterocycles. The number of hydrogen-bond acceptors (Lipinski definition) is 4. The van der Waals surface area contributed by atoms with E-state index in [1.807, 2.05) is 61.5 Å². The van der Waals surface area contributed by atoms with Crippen LogP contribution in [0.1, 0.15) is 10.4 Å². The van der Waals surface area contributed by atoms with Crippen LogP contribution in [0, 0.1) is 6.92 Å². The Hall–Kier alpha value is -2.77. The van der Waals surface area contributed by atoms with Crippen molar-refractivity contribution in [2.24, 2.45) is 0 Å². The van der Waals surface area contributed by atoms with E-state index < -0.39 is 0 Å². The average molecular weight is 482 g/mol. The summed E-state index contributed by atoms with van der Waals surface area (Å²) in [6.45, 7) is 2.46. The largest absolute Gasteiger partial charge is 0.354 e. The molecular formula is C23H20BrN3O2S. The van der Waals surface area contributed by atoms with Gasteiger partial charge < -0.3 is 5.32 Å². The van der Waals surface area contributed by atoms with Gasteiger partial charge in [-0.15, -0.1) is 11.3 Å². The Morgan fingerprint density at radius 2 is 1.87 bits per heavy atom. The van der Waals surface area contributed by atoms with Gasteiger partial charge in [0.15, 0.2) is 0 Å². The van der Waals surface area contributed by atoms with Gasteiger partial charge in [0, 0.05) is 21.5 Å². The van der Waals surface area contributed by atoms with Crippen molar-refractivity contribution in [3.8, 4) is 11.1 Å². The second-order valence-corrected chi connectivity index (χ2v) is 9.10.